The number of hydrogen-bond acceptors (Lipinski definition) is 6. The van der Waals surface area contributed by atoms with Gasteiger partial charge in [0.2, 0.25) is 11.8 Å². The molecule has 4 atom stereocenters. The van der Waals surface area contributed by atoms with E-state index >= 15 is 0 Å². The third-order valence-electron chi connectivity index (χ3n) is 6.68. The highest BCUT2D eigenvalue weighted by Gasteiger charge is 2.52. The van der Waals surface area contributed by atoms with E-state index in [1.54, 1.807) is 0 Å². The first-order chi connectivity index (χ1) is 14.6. The monoisotopic (exact) mass is 416 g/mol. The van der Waals surface area contributed by atoms with Gasteiger partial charge in [-0.1, -0.05) is 18.2 Å². The van der Waals surface area contributed by atoms with E-state index in [-0.39, 0.29) is 43.1 Å². The molecule has 30 heavy (non-hydrogen) atoms. The van der Waals surface area contributed by atoms with Crippen molar-refractivity contribution in [3.8, 4) is 5.75 Å². The lowest BCUT2D eigenvalue weighted by atomic mass is 9.90. The first kappa shape index (κ1) is 19.8. The van der Waals surface area contributed by atoms with Crippen molar-refractivity contribution in [3.05, 3.63) is 29.8 Å². The van der Waals surface area contributed by atoms with Gasteiger partial charge in [-0.05, 0) is 25.3 Å². The second-order valence-electron chi connectivity index (χ2n) is 8.54. The number of hydrogen-bond donors (Lipinski definition) is 1. The molecule has 8 heteroatoms. The summed E-state index contributed by atoms with van der Waals surface area (Å²) in [5, 5.41) is 3.10. The molecule has 5 aliphatic rings. The van der Waals surface area contributed by atoms with Crippen LogP contribution in [0, 0.1) is 0 Å². The third-order valence-corrected chi connectivity index (χ3v) is 6.68. The van der Waals surface area contributed by atoms with Crippen LogP contribution in [0.4, 0.5) is 0 Å². The Morgan fingerprint density at radius 1 is 1.10 bits per heavy atom. The molecular weight excluding hydrogens is 388 g/mol. The molecular formula is C22H28N2O6. The Labute approximate surface area is 175 Å². The number of carbonyl (C=O) groups excluding carboxylic acids is 2. The van der Waals surface area contributed by atoms with Crippen molar-refractivity contribution in [2.75, 3.05) is 39.6 Å². The minimum absolute atomic E-state index is 0.0104. The maximum absolute atomic E-state index is 13.1. The minimum Gasteiger partial charge on any atom is -0.493 e. The Balaban J connectivity index is 1.40. The number of morpholine rings is 1. The summed E-state index contributed by atoms with van der Waals surface area (Å²) in [6.07, 6.45) is 2.58. The summed E-state index contributed by atoms with van der Waals surface area (Å²) in [6.45, 7) is 2.17. The SMILES string of the molecule is O=C1COC[C@@]2(CCN3C(=O)CCOc4ccccc4[C@H]4CC[C@H](CO4)OC[C@H]32)N1. The molecule has 1 aromatic rings. The highest BCUT2D eigenvalue weighted by molar-refractivity contribution is 5.80. The second-order valence-corrected chi connectivity index (χ2v) is 8.54. The average molecular weight is 416 g/mol. The Hall–Kier alpha value is -2.16. The molecule has 5 aliphatic heterocycles. The van der Waals surface area contributed by atoms with E-state index in [1.807, 2.05) is 29.2 Å². The van der Waals surface area contributed by atoms with Crippen molar-refractivity contribution < 1.29 is 28.5 Å². The van der Waals surface area contributed by atoms with Gasteiger partial charge in [0.15, 0.2) is 0 Å². The van der Waals surface area contributed by atoms with Crippen LogP contribution in [0.3, 0.4) is 0 Å². The van der Waals surface area contributed by atoms with Crippen LogP contribution in [0.2, 0.25) is 0 Å². The molecule has 0 radical (unpaired) electrons. The summed E-state index contributed by atoms with van der Waals surface area (Å²) in [7, 11) is 0. The van der Waals surface area contributed by atoms with E-state index in [0.717, 1.165) is 24.2 Å². The number of benzene rings is 1. The van der Waals surface area contributed by atoms with Crippen LogP contribution >= 0.6 is 0 Å². The molecule has 6 rings (SSSR count). The predicted octanol–water partition coefficient (Wildman–Crippen LogP) is 1.19. The molecule has 0 aliphatic carbocycles. The zero-order valence-corrected chi connectivity index (χ0v) is 17.0. The summed E-state index contributed by atoms with van der Waals surface area (Å²) in [5.74, 6) is 0.643. The predicted molar refractivity (Wildman–Crippen MR) is 106 cm³/mol. The molecule has 0 unspecified atom stereocenters. The first-order valence-corrected chi connectivity index (χ1v) is 10.8. The number of ether oxygens (including phenoxy) is 4. The van der Waals surface area contributed by atoms with Gasteiger partial charge in [0.1, 0.15) is 12.4 Å². The number of nitrogens with one attached hydrogen (secondary N) is 1. The summed E-state index contributed by atoms with van der Waals surface area (Å²) in [5.41, 5.74) is 0.439. The number of fused-ring (bicyclic) bond motifs is 6. The topological polar surface area (TPSA) is 86.3 Å². The smallest absolute Gasteiger partial charge is 0.246 e. The van der Waals surface area contributed by atoms with Crippen molar-refractivity contribution in [3.63, 3.8) is 0 Å². The van der Waals surface area contributed by atoms with E-state index in [4.69, 9.17) is 18.9 Å². The molecule has 1 spiro atoms. The molecule has 0 saturated carbocycles. The van der Waals surface area contributed by atoms with Crippen molar-refractivity contribution in [2.24, 2.45) is 0 Å². The summed E-state index contributed by atoms with van der Waals surface area (Å²) < 4.78 is 23.9. The van der Waals surface area contributed by atoms with Gasteiger partial charge >= 0.3 is 0 Å². The van der Waals surface area contributed by atoms with Gasteiger partial charge in [-0.15, -0.1) is 0 Å². The molecule has 8 nitrogen and oxygen atoms in total. The normalized spacial score (nSPS) is 34.7. The minimum atomic E-state index is -0.590. The molecule has 2 bridgehead atoms. The standard InChI is InChI=1S/C22H28N2O6/c25-20-13-27-14-22(23-20)8-9-24-19(22)12-29-15-5-6-18(30-11-15)16-3-1-2-4-17(16)28-10-7-21(24)26/h1-4,15,18-19H,5-14H2,(H,23,25)/t15-,18-,19+,22-/m1/s1. The first-order valence-electron chi connectivity index (χ1n) is 10.8. The fourth-order valence-corrected chi connectivity index (χ4v) is 5.08. The molecule has 5 heterocycles. The van der Waals surface area contributed by atoms with E-state index in [1.165, 1.54) is 0 Å². The van der Waals surface area contributed by atoms with Crippen LogP contribution in [0.1, 0.15) is 37.4 Å². The molecule has 0 aromatic heterocycles. The Morgan fingerprint density at radius 2 is 2.00 bits per heavy atom. The largest absolute Gasteiger partial charge is 0.493 e. The number of nitrogens with zero attached hydrogens (tertiary/aromatic N) is 1. The molecule has 162 valence electrons. The van der Waals surface area contributed by atoms with Gasteiger partial charge in [0, 0.05) is 12.1 Å². The number of amides is 2. The number of para-hydroxylation sites is 1. The van der Waals surface area contributed by atoms with Gasteiger partial charge in [-0.25, -0.2) is 0 Å². The van der Waals surface area contributed by atoms with Gasteiger partial charge in [0.25, 0.3) is 0 Å². The maximum Gasteiger partial charge on any atom is 0.246 e. The summed E-state index contributed by atoms with van der Waals surface area (Å²) in [6, 6.07) is 7.62. The fourth-order valence-electron chi connectivity index (χ4n) is 5.08. The number of carbonyl (C=O) groups is 2. The van der Waals surface area contributed by atoms with Crippen LogP contribution in [0.25, 0.3) is 0 Å². The van der Waals surface area contributed by atoms with E-state index in [2.05, 4.69) is 5.32 Å². The Morgan fingerprint density at radius 3 is 2.83 bits per heavy atom. The van der Waals surface area contributed by atoms with Crippen molar-refractivity contribution >= 4 is 11.8 Å². The van der Waals surface area contributed by atoms with Crippen molar-refractivity contribution in [2.45, 2.75) is 49.5 Å². The molecule has 3 fully saturated rings. The highest BCUT2D eigenvalue weighted by Crippen LogP contribution is 2.36. The summed E-state index contributed by atoms with van der Waals surface area (Å²) >= 11 is 0. The van der Waals surface area contributed by atoms with Crippen molar-refractivity contribution in [1.29, 1.82) is 0 Å². The zero-order valence-electron chi connectivity index (χ0n) is 17.0. The summed E-state index contributed by atoms with van der Waals surface area (Å²) in [4.78, 5) is 27.0. The van der Waals surface area contributed by atoms with Gasteiger partial charge in [0.05, 0.1) is 56.6 Å². The highest BCUT2D eigenvalue weighted by atomic mass is 16.5. The quantitative estimate of drug-likeness (QED) is 0.684. The maximum atomic E-state index is 13.1. The molecule has 1 aromatic carbocycles. The van der Waals surface area contributed by atoms with Gasteiger partial charge in [-0.3, -0.25) is 9.59 Å². The van der Waals surface area contributed by atoms with Crippen LogP contribution in [0.5, 0.6) is 5.75 Å². The van der Waals surface area contributed by atoms with Gasteiger partial charge < -0.3 is 29.2 Å². The Kier molecular flexibility index (Phi) is 5.39. The van der Waals surface area contributed by atoms with E-state index < -0.39 is 5.54 Å². The lowest BCUT2D eigenvalue weighted by Gasteiger charge is -2.41. The van der Waals surface area contributed by atoms with Crippen LogP contribution in [0.15, 0.2) is 24.3 Å². The zero-order chi connectivity index (χ0) is 20.6. The van der Waals surface area contributed by atoms with Crippen LogP contribution in [-0.4, -0.2) is 74.0 Å². The van der Waals surface area contributed by atoms with Crippen molar-refractivity contribution in [1.82, 2.24) is 10.2 Å². The number of rotatable bonds is 0. The fraction of sp³-hybridized carbons (Fsp3) is 0.636. The van der Waals surface area contributed by atoms with E-state index in [0.29, 0.717) is 39.4 Å². The van der Waals surface area contributed by atoms with Crippen LogP contribution in [-0.2, 0) is 23.8 Å². The lowest BCUT2D eigenvalue weighted by Crippen LogP contribution is -2.65. The van der Waals surface area contributed by atoms with E-state index in [9.17, 15) is 9.59 Å². The molecule has 1 N–H and O–H groups in total. The van der Waals surface area contributed by atoms with Crippen LogP contribution < -0.4 is 10.1 Å². The second kappa shape index (κ2) is 8.17. The molecule has 2 amide bonds. The lowest BCUT2D eigenvalue weighted by molar-refractivity contribution is -0.146. The van der Waals surface area contributed by atoms with Gasteiger partial charge in [-0.2, -0.15) is 0 Å². The Bertz CT molecular complexity index is 809. The average Bonchev–Trinajstić information content (AvgIpc) is 3.09. The third kappa shape index (κ3) is 3.68. The molecule has 3 saturated heterocycles.